The van der Waals surface area contributed by atoms with Gasteiger partial charge in [0.1, 0.15) is 5.82 Å². The third-order valence-electron chi connectivity index (χ3n) is 5.41. The number of pyridine rings is 1. The minimum Gasteiger partial charge on any atom is -0.386 e. The maximum absolute atomic E-state index is 13.8. The van der Waals surface area contributed by atoms with Crippen molar-refractivity contribution in [1.29, 1.82) is 0 Å². The van der Waals surface area contributed by atoms with Gasteiger partial charge in [-0.1, -0.05) is 32.0 Å². The van der Waals surface area contributed by atoms with Crippen LogP contribution in [-0.2, 0) is 0 Å². The molecule has 0 spiro atoms. The molecule has 4 heterocycles. The minimum atomic E-state index is -0.782. The quantitative estimate of drug-likeness (QED) is 0.374. The zero-order chi connectivity index (χ0) is 22.2. The van der Waals surface area contributed by atoms with Gasteiger partial charge in [-0.3, -0.25) is 4.98 Å². The summed E-state index contributed by atoms with van der Waals surface area (Å²) in [7, 11) is 0. The van der Waals surface area contributed by atoms with E-state index in [4.69, 9.17) is 0 Å². The second-order valence-electron chi connectivity index (χ2n) is 7.94. The predicted octanol–water partition coefficient (Wildman–Crippen LogP) is 4.08. The van der Waals surface area contributed by atoms with E-state index in [1.54, 1.807) is 16.9 Å². The lowest BCUT2D eigenvalue weighted by atomic mass is 10.1. The first kappa shape index (κ1) is 20.1. The van der Waals surface area contributed by atoms with Crippen LogP contribution in [0.3, 0.4) is 0 Å². The molecule has 5 rings (SSSR count). The monoisotopic (exact) mass is 431 g/mol. The number of nitrogens with zero attached hydrogens (tertiary/aromatic N) is 5. The molecule has 162 valence electrons. The topological polar surface area (TPSA) is 104 Å². The Morgan fingerprint density at radius 2 is 1.97 bits per heavy atom. The molecular formula is C23H22FN7O. The van der Waals surface area contributed by atoms with Gasteiger partial charge in [0.2, 0.25) is 5.95 Å². The van der Waals surface area contributed by atoms with Gasteiger partial charge in [-0.05, 0) is 18.1 Å². The van der Waals surface area contributed by atoms with Gasteiger partial charge in [-0.15, -0.1) is 0 Å². The number of para-hydroxylation sites is 1. The number of rotatable bonds is 6. The zero-order valence-electron chi connectivity index (χ0n) is 17.6. The molecule has 1 atom stereocenters. The van der Waals surface area contributed by atoms with Crippen LogP contribution in [0.4, 0.5) is 10.3 Å². The molecule has 0 aliphatic heterocycles. The number of nitrogens with one attached hydrogen (secondary N) is 2. The molecule has 0 saturated carbocycles. The van der Waals surface area contributed by atoms with Crippen molar-refractivity contribution in [2.75, 3.05) is 11.9 Å². The molecule has 1 unspecified atom stereocenters. The van der Waals surface area contributed by atoms with Gasteiger partial charge in [-0.2, -0.15) is 14.6 Å². The first-order valence-electron chi connectivity index (χ1n) is 10.4. The summed E-state index contributed by atoms with van der Waals surface area (Å²) in [5.41, 5.74) is 3.78. The smallest absolute Gasteiger partial charge is 0.228 e. The molecule has 0 fully saturated rings. The lowest BCUT2D eigenvalue weighted by molar-refractivity contribution is 0.193. The highest BCUT2D eigenvalue weighted by Gasteiger charge is 2.18. The van der Waals surface area contributed by atoms with Gasteiger partial charge >= 0.3 is 0 Å². The molecule has 0 bridgehead atoms. The van der Waals surface area contributed by atoms with E-state index in [1.807, 2.05) is 24.3 Å². The molecule has 1 aromatic carbocycles. The SMILES string of the molecule is CC(C)c1cnn2c(NCC(O)c3c[nH]c4ccccc34)nc(-c3cncc(F)c3)nc12. The molecule has 3 N–H and O–H groups in total. The van der Waals surface area contributed by atoms with Crippen LogP contribution in [0.25, 0.3) is 27.9 Å². The van der Waals surface area contributed by atoms with Crippen molar-refractivity contribution in [3.05, 3.63) is 72.1 Å². The number of aromatic amines is 1. The molecule has 8 nitrogen and oxygen atoms in total. The number of hydrogen-bond acceptors (Lipinski definition) is 6. The minimum absolute atomic E-state index is 0.186. The summed E-state index contributed by atoms with van der Waals surface area (Å²) in [5, 5.41) is 19.4. The highest BCUT2D eigenvalue weighted by Crippen LogP contribution is 2.26. The van der Waals surface area contributed by atoms with Gasteiger partial charge in [0.05, 0.1) is 18.5 Å². The maximum atomic E-state index is 13.8. The van der Waals surface area contributed by atoms with Crippen molar-refractivity contribution in [2.24, 2.45) is 0 Å². The van der Waals surface area contributed by atoms with Crippen molar-refractivity contribution < 1.29 is 9.50 Å². The first-order chi connectivity index (χ1) is 15.5. The molecule has 0 amide bonds. The first-order valence-corrected chi connectivity index (χ1v) is 10.4. The van der Waals surface area contributed by atoms with Crippen molar-refractivity contribution in [2.45, 2.75) is 25.9 Å². The average Bonchev–Trinajstić information content (AvgIpc) is 3.41. The Labute approximate surface area is 183 Å². The van der Waals surface area contributed by atoms with Crippen molar-refractivity contribution in [3.8, 4) is 11.4 Å². The van der Waals surface area contributed by atoms with E-state index in [-0.39, 0.29) is 12.5 Å². The fourth-order valence-electron chi connectivity index (χ4n) is 3.75. The lowest BCUT2D eigenvalue weighted by Gasteiger charge is -2.14. The van der Waals surface area contributed by atoms with Crippen LogP contribution < -0.4 is 5.32 Å². The van der Waals surface area contributed by atoms with Crippen molar-refractivity contribution >= 4 is 22.5 Å². The van der Waals surface area contributed by atoms with Crippen LogP contribution in [0.2, 0.25) is 0 Å². The predicted molar refractivity (Wildman–Crippen MR) is 120 cm³/mol. The summed E-state index contributed by atoms with van der Waals surface area (Å²) < 4.78 is 15.4. The van der Waals surface area contributed by atoms with Crippen molar-refractivity contribution in [3.63, 3.8) is 0 Å². The number of benzene rings is 1. The van der Waals surface area contributed by atoms with Crippen molar-refractivity contribution in [1.82, 2.24) is 29.5 Å². The molecule has 5 aromatic rings. The van der Waals surface area contributed by atoms with E-state index in [9.17, 15) is 9.50 Å². The van der Waals surface area contributed by atoms with Gasteiger partial charge in [0.25, 0.3) is 0 Å². The van der Waals surface area contributed by atoms with Gasteiger partial charge < -0.3 is 15.4 Å². The Balaban J connectivity index is 1.52. The van der Waals surface area contributed by atoms with Gasteiger partial charge in [-0.25, -0.2) is 9.37 Å². The van der Waals surface area contributed by atoms with Crippen LogP contribution in [0.5, 0.6) is 0 Å². The Bertz CT molecular complexity index is 1410. The number of halogens is 1. The maximum Gasteiger partial charge on any atom is 0.228 e. The van der Waals surface area contributed by atoms with Crippen LogP contribution in [0, 0.1) is 5.82 Å². The fourth-order valence-corrected chi connectivity index (χ4v) is 3.75. The molecule has 0 aliphatic rings. The normalized spacial score (nSPS) is 12.7. The highest BCUT2D eigenvalue weighted by atomic mass is 19.1. The molecule has 0 radical (unpaired) electrons. The molecular weight excluding hydrogens is 409 g/mol. The summed E-state index contributed by atoms with van der Waals surface area (Å²) >= 11 is 0. The van der Waals surface area contributed by atoms with E-state index < -0.39 is 11.9 Å². The Morgan fingerprint density at radius 1 is 1.12 bits per heavy atom. The molecule has 0 saturated heterocycles. The number of anilines is 1. The Hall–Kier alpha value is -3.85. The summed E-state index contributed by atoms with van der Waals surface area (Å²) in [5.74, 6) is 0.453. The molecule has 0 aliphatic carbocycles. The summed E-state index contributed by atoms with van der Waals surface area (Å²) in [6.45, 7) is 4.30. The molecule has 4 aromatic heterocycles. The highest BCUT2D eigenvalue weighted by molar-refractivity contribution is 5.83. The second-order valence-corrected chi connectivity index (χ2v) is 7.94. The summed E-state index contributed by atoms with van der Waals surface area (Å²) in [4.78, 5) is 16.3. The number of aliphatic hydroxyl groups excluding tert-OH is 1. The van der Waals surface area contributed by atoms with Crippen LogP contribution >= 0.6 is 0 Å². The largest absolute Gasteiger partial charge is 0.386 e. The van der Waals surface area contributed by atoms with E-state index in [2.05, 4.69) is 44.2 Å². The third kappa shape index (κ3) is 3.56. The second kappa shape index (κ2) is 8.01. The fraction of sp³-hybridized carbons (Fsp3) is 0.217. The van der Waals surface area contributed by atoms with E-state index in [0.717, 1.165) is 28.2 Å². The zero-order valence-corrected chi connectivity index (χ0v) is 17.6. The summed E-state index contributed by atoms with van der Waals surface area (Å²) in [6.07, 6.45) is 5.43. The lowest BCUT2D eigenvalue weighted by Crippen LogP contribution is -2.16. The number of H-pyrrole nitrogens is 1. The number of hydrogen-bond donors (Lipinski definition) is 3. The van der Waals surface area contributed by atoms with E-state index in [1.165, 1.54) is 12.3 Å². The van der Waals surface area contributed by atoms with Crippen LogP contribution in [0.15, 0.2) is 55.1 Å². The van der Waals surface area contributed by atoms with Gasteiger partial charge in [0.15, 0.2) is 11.5 Å². The average molecular weight is 431 g/mol. The molecule has 32 heavy (non-hydrogen) atoms. The molecule has 9 heteroatoms. The number of aliphatic hydroxyl groups is 1. The number of fused-ring (bicyclic) bond motifs is 2. The number of aromatic nitrogens is 6. The summed E-state index contributed by atoms with van der Waals surface area (Å²) in [6, 6.07) is 9.14. The van der Waals surface area contributed by atoms with Crippen LogP contribution in [0.1, 0.15) is 37.0 Å². The van der Waals surface area contributed by atoms with E-state index >= 15 is 0 Å². The standard InChI is InChI=1S/C23H22FN7O/c1-13(2)17-11-28-31-22(17)29-21(14-7-15(24)9-25-8-14)30-23(31)27-12-20(32)18-10-26-19-6-4-3-5-16(18)19/h3-11,13,20,26,32H,12H2,1-2H3,(H,27,29,30). The third-order valence-corrected chi connectivity index (χ3v) is 5.41. The van der Waals surface area contributed by atoms with Crippen LogP contribution in [-0.4, -0.2) is 41.2 Å². The Kier molecular flexibility index (Phi) is 5.02. The van der Waals surface area contributed by atoms with E-state index in [0.29, 0.717) is 23.0 Å². The van der Waals surface area contributed by atoms with Gasteiger partial charge in [0, 0.05) is 46.5 Å². The Morgan fingerprint density at radius 3 is 2.78 bits per heavy atom.